The maximum Gasteiger partial charge on any atom is 0.266 e. The lowest BCUT2D eigenvalue weighted by atomic mass is 9.82. The molecule has 4 rings (SSSR count). The first-order chi connectivity index (χ1) is 18.7. The van der Waals surface area contributed by atoms with E-state index < -0.39 is 0 Å². The summed E-state index contributed by atoms with van der Waals surface area (Å²) in [6.45, 7) is 4.71. The maximum atomic E-state index is 13.2. The Morgan fingerprint density at radius 2 is 2.00 bits per heavy atom. The van der Waals surface area contributed by atoms with Gasteiger partial charge in [0.05, 0.1) is 17.7 Å². The van der Waals surface area contributed by atoms with E-state index in [1.165, 1.54) is 5.56 Å². The lowest BCUT2D eigenvalue weighted by molar-refractivity contribution is -0.115. The molecule has 2 unspecified atom stereocenters. The number of allylic oxidation sites excluding steroid dienone is 7. The van der Waals surface area contributed by atoms with E-state index in [2.05, 4.69) is 86.3 Å². The fourth-order valence-corrected chi connectivity index (χ4v) is 4.51. The van der Waals surface area contributed by atoms with Gasteiger partial charge in [-0.15, -0.1) is 0 Å². The third-order valence-corrected chi connectivity index (χ3v) is 6.40. The minimum atomic E-state index is -0.230. The molecule has 7 heteroatoms. The molecule has 2 N–H and O–H groups in total. The summed E-state index contributed by atoms with van der Waals surface area (Å²) >= 11 is 0. The van der Waals surface area contributed by atoms with Crippen molar-refractivity contribution < 1.29 is 4.79 Å². The first-order valence-corrected chi connectivity index (χ1v) is 13.3. The van der Waals surface area contributed by atoms with E-state index in [1.54, 1.807) is 18.6 Å². The molecule has 2 aliphatic heterocycles. The van der Waals surface area contributed by atoms with Crippen molar-refractivity contribution in [2.24, 2.45) is 25.9 Å². The van der Waals surface area contributed by atoms with Crippen molar-refractivity contribution in [2.75, 3.05) is 26.7 Å². The van der Waals surface area contributed by atoms with E-state index >= 15 is 0 Å². The second-order valence-electron chi connectivity index (χ2n) is 9.16. The first kappa shape index (κ1) is 27.1. The fourth-order valence-electron chi connectivity index (χ4n) is 4.51. The molecule has 196 valence electrons. The van der Waals surface area contributed by atoms with Crippen molar-refractivity contribution in [3.63, 3.8) is 0 Å². The Bertz CT molecular complexity index is 1260. The Morgan fingerprint density at radius 1 is 1.16 bits per heavy atom. The molecule has 3 aliphatic rings. The fraction of sp³-hybridized carbons (Fsp3) is 0.323. The van der Waals surface area contributed by atoms with E-state index in [9.17, 15) is 4.79 Å². The Labute approximate surface area is 225 Å². The standard InChI is InChI=1S/C31H36N6O/c1-3-33-19-20-34-16-8-17-36-31(38)30-27-21-26(24-9-6-4-5-7-10-24)29(37-28(27)15-18-35-30)25-13-11-23(12-14-25)22-32-2/h4,6-7,9-15,18-21,27-28,32H,3,5,8,16-17,22H2,1-2H3,(H,36,38). The number of carbonyl (C=O) groups excluding carboxylic acids is 1. The van der Waals surface area contributed by atoms with Crippen LogP contribution in [0.2, 0.25) is 0 Å². The van der Waals surface area contributed by atoms with E-state index in [4.69, 9.17) is 4.99 Å². The summed E-state index contributed by atoms with van der Waals surface area (Å²) in [5, 5.41) is 6.21. The first-order valence-electron chi connectivity index (χ1n) is 13.3. The number of aliphatic imine (C=N–C) groups is 4. The molecule has 0 saturated carbocycles. The number of rotatable bonds is 11. The maximum absolute atomic E-state index is 13.2. The van der Waals surface area contributed by atoms with Crippen molar-refractivity contribution in [3.05, 3.63) is 95.3 Å². The third-order valence-electron chi connectivity index (χ3n) is 6.40. The van der Waals surface area contributed by atoms with E-state index in [-0.39, 0.29) is 17.9 Å². The number of nitrogens with zero attached hydrogens (tertiary/aromatic N) is 4. The van der Waals surface area contributed by atoms with Gasteiger partial charge in [0, 0.05) is 55.9 Å². The van der Waals surface area contributed by atoms with Gasteiger partial charge in [-0.25, -0.2) is 0 Å². The highest BCUT2D eigenvalue weighted by Gasteiger charge is 2.34. The molecule has 1 aromatic carbocycles. The quantitative estimate of drug-likeness (QED) is 0.347. The molecular formula is C31H36N6O. The molecule has 2 atom stereocenters. The van der Waals surface area contributed by atoms with Crippen LogP contribution >= 0.6 is 0 Å². The minimum absolute atomic E-state index is 0.156. The number of benzene rings is 1. The summed E-state index contributed by atoms with van der Waals surface area (Å²) in [7, 11) is 1.95. The molecule has 0 saturated heterocycles. The van der Waals surface area contributed by atoms with Gasteiger partial charge in [0.15, 0.2) is 0 Å². The molecule has 1 amide bonds. The predicted molar refractivity (Wildman–Crippen MR) is 159 cm³/mol. The second kappa shape index (κ2) is 14.1. The summed E-state index contributed by atoms with van der Waals surface area (Å²) in [5.74, 6) is -0.385. The van der Waals surface area contributed by atoms with Crippen LogP contribution in [-0.4, -0.2) is 62.5 Å². The Morgan fingerprint density at radius 3 is 2.82 bits per heavy atom. The van der Waals surface area contributed by atoms with E-state index in [0.717, 1.165) is 48.4 Å². The van der Waals surface area contributed by atoms with Crippen LogP contribution in [0.5, 0.6) is 0 Å². The summed E-state index contributed by atoms with van der Waals surface area (Å²) < 4.78 is 0. The van der Waals surface area contributed by atoms with E-state index in [1.807, 2.05) is 20.0 Å². The van der Waals surface area contributed by atoms with Crippen LogP contribution in [-0.2, 0) is 11.3 Å². The number of carbonyl (C=O) groups is 1. The van der Waals surface area contributed by atoms with Gasteiger partial charge in [-0.1, -0.05) is 60.7 Å². The van der Waals surface area contributed by atoms with Gasteiger partial charge in [0.2, 0.25) is 0 Å². The number of nitrogens with one attached hydrogen (secondary N) is 2. The number of hydrogen-bond acceptors (Lipinski definition) is 6. The van der Waals surface area contributed by atoms with Crippen LogP contribution in [0.3, 0.4) is 0 Å². The van der Waals surface area contributed by atoms with Crippen molar-refractivity contribution >= 4 is 29.8 Å². The molecule has 0 bridgehead atoms. The zero-order chi connectivity index (χ0) is 26.6. The van der Waals surface area contributed by atoms with Crippen molar-refractivity contribution in [2.45, 2.75) is 32.4 Å². The van der Waals surface area contributed by atoms with Crippen molar-refractivity contribution in [1.29, 1.82) is 0 Å². The van der Waals surface area contributed by atoms with Gasteiger partial charge in [-0.05, 0) is 44.0 Å². The van der Waals surface area contributed by atoms with Gasteiger partial charge in [0.25, 0.3) is 5.91 Å². The normalized spacial score (nSPS) is 20.6. The monoisotopic (exact) mass is 508 g/mol. The second-order valence-corrected chi connectivity index (χ2v) is 9.16. The van der Waals surface area contributed by atoms with Crippen molar-refractivity contribution in [3.8, 4) is 0 Å². The van der Waals surface area contributed by atoms with Gasteiger partial charge < -0.3 is 10.6 Å². The molecule has 0 aromatic heterocycles. The summed E-state index contributed by atoms with van der Waals surface area (Å²) in [5.41, 5.74) is 5.81. The SMILES string of the molecule is CCN=CC=NCCCNC(=O)C1=NC=CC2N=C(c3ccc(CNC)cc3)C(C3=CC=CCC=C3)=CC12. The summed E-state index contributed by atoms with van der Waals surface area (Å²) in [6.07, 6.45) is 21.5. The lowest BCUT2D eigenvalue weighted by Crippen LogP contribution is -2.42. The molecule has 0 fully saturated rings. The molecule has 0 radical (unpaired) electrons. The molecular weight excluding hydrogens is 472 g/mol. The lowest BCUT2D eigenvalue weighted by Gasteiger charge is -2.30. The highest BCUT2D eigenvalue weighted by molar-refractivity contribution is 6.41. The number of amides is 1. The molecule has 1 aliphatic carbocycles. The van der Waals surface area contributed by atoms with Gasteiger partial charge >= 0.3 is 0 Å². The Hall–Kier alpha value is -3.97. The number of hydrogen-bond donors (Lipinski definition) is 2. The van der Waals surface area contributed by atoms with Crippen LogP contribution in [0.4, 0.5) is 0 Å². The van der Waals surface area contributed by atoms with Gasteiger partial charge in [0.1, 0.15) is 5.71 Å². The van der Waals surface area contributed by atoms with Crippen LogP contribution < -0.4 is 10.6 Å². The van der Waals surface area contributed by atoms with Crippen LogP contribution in [0.25, 0.3) is 0 Å². The van der Waals surface area contributed by atoms with Gasteiger partial charge in [-0.2, -0.15) is 0 Å². The Kier molecular flexibility index (Phi) is 10.0. The Balaban J connectivity index is 1.54. The average molecular weight is 509 g/mol. The molecule has 7 nitrogen and oxygen atoms in total. The zero-order valence-electron chi connectivity index (χ0n) is 22.2. The molecule has 0 spiro atoms. The number of dihydropyridines is 1. The van der Waals surface area contributed by atoms with Gasteiger partial charge in [-0.3, -0.25) is 24.8 Å². The van der Waals surface area contributed by atoms with Crippen LogP contribution in [0.15, 0.2) is 104 Å². The summed E-state index contributed by atoms with van der Waals surface area (Å²) in [4.78, 5) is 31.2. The topological polar surface area (TPSA) is 90.6 Å². The predicted octanol–water partition coefficient (Wildman–Crippen LogP) is 4.20. The molecule has 38 heavy (non-hydrogen) atoms. The van der Waals surface area contributed by atoms with Crippen LogP contribution in [0.1, 0.15) is 30.9 Å². The van der Waals surface area contributed by atoms with E-state index in [0.29, 0.717) is 18.8 Å². The smallest absolute Gasteiger partial charge is 0.266 e. The molecule has 1 aromatic rings. The average Bonchev–Trinajstić information content (AvgIpc) is 3.23. The molecule has 2 heterocycles. The van der Waals surface area contributed by atoms with Crippen LogP contribution in [0, 0.1) is 5.92 Å². The van der Waals surface area contributed by atoms with Crippen molar-refractivity contribution in [1.82, 2.24) is 10.6 Å². The number of fused-ring (bicyclic) bond motifs is 1. The highest BCUT2D eigenvalue weighted by Crippen LogP contribution is 2.32. The summed E-state index contributed by atoms with van der Waals surface area (Å²) in [6, 6.07) is 8.33. The third kappa shape index (κ3) is 7.07. The highest BCUT2D eigenvalue weighted by atomic mass is 16.1. The minimum Gasteiger partial charge on any atom is -0.351 e. The zero-order valence-corrected chi connectivity index (χ0v) is 22.2. The largest absolute Gasteiger partial charge is 0.351 e.